The van der Waals surface area contributed by atoms with Crippen molar-refractivity contribution in [2.24, 2.45) is 0 Å². The third-order valence-electron chi connectivity index (χ3n) is 4.50. The van der Waals surface area contributed by atoms with E-state index in [1.54, 1.807) is 48.5 Å². The zero-order valence-corrected chi connectivity index (χ0v) is 16.8. The van der Waals surface area contributed by atoms with Crippen LogP contribution in [0.3, 0.4) is 0 Å². The molecule has 0 fully saturated rings. The number of nitrogens with zero attached hydrogens (tertiary/aromatic N) is 2. The molecule has 0 aliphatic carbocycles. The largest absolute Gasteiger partial charge is 0.481 e. The van der Waals surface area contributed by atoms with E-state index in [0.717, 1.165) is 16.7 Å². The molecule has 0 aliphatic heterocycles. The highest BCUT2D eigenvalue weighted by Gasteiger charge is 2.23. The fourth-order valence-electron chi connectivity index (χ4n) is 2.94. The lowest BCUT2D eigenvalue weighted by Crippen LogP contribution is -2.39. The van der Waals surface area contributed by atoms with E-state index in [2.05, 4.69) is 18.0 Å². The minimum Gasteiger partial charge on any atom is -0.481 e. The molecular formula is C23H23ClN2O2. The summed E-state index contributed by atoms with van der Waals surface area (Å²) in [5.74, 6) is 0.532. The van der Waals surface area contributed by atoms with E-state index in [1.807, 2.05) is 30.3 Å². The second-order valence-electron chi connectivity index (χ2n) is 6.70. The lowest BCUT2D eigenvalue weighted by Gasteiger charge is -2.27. The molecule has 1 aromatic heterocycles. The summed E-state index contributed by atoms with van der Waals surface area (Å²) in [5, 5.41) is 0.629. The van der Waals surface area contributed by atoms with Crippen molar-refractivity contribution < 1.29 is 9.53 Å². The number of carbonyl (C=O) groups excluding carboxylic acids is 1. The Hall–Kier alpha value is -2.85. The minimum absolute atomic E-state index is 0.0814. The molecule has 0 saturated carbocycles. The SMILES string of the molecule is Cc1ccccc1CN(Cc1cccnc1)C(=O)C(C)Oc1ccc(Cl)cc1. The van der Waals surface area contributed by atoms with Crippen LogP contribution in [0.25, 0.3) is 0 Å². The molecule has 1 heterocycles. The Kier molecular flexibility index (Phi) is 6.66. The highest BCUT2D eigenvalue weighted by molar-refractivity contribution is 6.30. The molecule has 2 aromatic carbocycles. The van der Waals surface area contributed by atoms with Gasteiger partial charge in [-0.2, -0.15) is 0 Å². The van der Waals surface area contributed by atoms with E-state index in [4.69, 9.17) is 16.3 Å². The third-order valence-corrected chi connectivity index (χ3v) is 4.76. The summed E-state index contributed by atoms with van der Waals surface area (Å²) < 4.78 is 5.85. The number of ether oxygens (including phenoxy) is 1. The fourth-order valence-corrected chi connectivity index (χ4v) is 3.07. The first-order chi connectivity index (χ1) is 13.5. The maximum absolute atomic E-state index is 13.2. The number of aryl methyl sites for hydroxylation is 1. The van der Waals surface area contributed by atoms with Crippen LogP contribution in [0.2, 0.25) is 5.02 Å². The number of hydrogen-bond acceptors (Lipinski definition) is 3. The van der Waals surface area contributed by atoms with E-state index < -0.39 is 6.10 Å². The van der Waals surface area contributed by atoms with Crippen LogP contribution in [-0.2, 0) is 17.9 Å². The molecule has 3 rings (SSSR count). The zero-order chi connectivity index (χ0) is 19.9. The van der Waals surface area contributed by atoms with Crippen LogP contribution in [0.15, 0.2) is 73.1 Å². The summed E-state index contributed by atoms with van der Waals surface area (Å²) in [6, 6.07) is 18.9. The molecule has 0 radical (unpaired) electrons. The van der Waals surface area contributed by atoms with E-state index in [9.17, 15) is 4.79 Å². The van der Waals surface area contributed by atoms with Crippen molar-refractivity contribution in [1.29, 1.82) is 0 Å². The van der Waals surface area contributed by atoms with Crippen molar-refractivity contribution in [2.45, 2.75) is 33.0 Å². The number of aromatic nitrogens is 1. The van der Waals surface area contributed by atoms with E-state index >= 15 is 0 Å². The highest BCUT2D eigenvalue weighted by atomic mass is 35.5. The van der Waals surface area contributed by atoms with Crippen LogP contribution in [0.4, 0.5) is 0 Å². The van der Waals surface area contributed by atoms with Crippen molar-refractivity contribution >= 4 is 17.5 Å². The first-order valence-electron chi connectivity index (χ1n) is 9.17. The average Bonchev–Trinajstić information content (AvgIpc) is 2.71. The fraction of sp³-hybridized carbons (Fsp3) is 0.217. The Morgan fingerprint density at radius 1 is 1.07 bits per heavy atom. The highest BCUT2D eigenvalue weighted by Crippen LogP contribution is 2.19. The predicted molar refractivity (Wildman–Crippen MR) is 111 cm³/mol. The maximum atomic E-state index is 13.2. The number of hydrogen-bond donors (Lipinski definition) is 0. The molecule has 4 nitrogen and oxygen atoms in total. The molecule has 1 amide bonds. The van der Waals surface area contributed by atoms with Gasteiger partial charge >= 0.3 is 0 Å². The van der Waals surface area contributed by atoms with Gasteiger partial charge in [-0.25, -0.2) is 0 Å². The van der Waals surface area contributed by atoms with Gasteiger partial charge < -0.3 is 9.64 Å². The Balaban J connectivity index is 1.78. The second-order valence-corrected chi connectivity index (χ2v) is 7.13. The van der Waals surface area contributed by atoms with Gasteiger partial charge in [-0.05, 0) is 60.9 Å². The molecule has 0 bridgehead atoms. The molecule has 28 heavy (non-hydrogen) atoms. The number of pyridine rings is 1. The first-order valence-corrected chi connectivity index (χ1v) is 9.55. The van der Waals surface area contributed by atoms with Gasteiger partial charge in [0, 0.05) is 30.5 Å². The van der Waals surface area contributed by atoms with Crippen LogP contribution < -0.4 is 4.74 Å². The molecule has 1 unspecified atom stereocenters. The summed E-state index contributed by atoms with van der Waals surface area (Å²) in [7, 11) is 0. The van der Waals surface area contributed by atoms with Crippen LogP contribution >= 0.6 is 11.6 Å². The smallest absolute Gasteiger partial charge is 0.263 e. The second kappa shape index (κ2) is 9.38. The predicted octanol–water partition coefficient (Wildman–Crippen LogP) is 5.04. The van der Waals surface area contributed by atoms with Crippen LogP contribution in [0.1, 0.15) is 23.6 Å². The number of rotatable bonds is 7. The molecule has 0 N–H and O–H groups in total. The average molecular weight is 395 g/mol. The van der Waals surface area contributed by atoms with Crippen molar-refractivity contribution in [2.75, 3.05) is 0 Å². The summed E-state index contributed by atoms with van der Waals surface area (Å²) in [6.07, 6.45) is 2.88. The molecule has 0 aliphatic rings. The maximum Gasteiger partial charge on any atom is 0.263 e. The Bertz CT molecular complexity index is 913. The lowest BCUT2D eigenvalue weighted by molar-refractivity contribution is -0.139. The number of benzene rings is 2. The third kappa shape index (κ3) is 5.33. The van der Waals surface area contributed by atoms with Crippen molar-refractivity contribution in [3.63, 3.8) is 0 Å². The van der Waals surface area contributed by atoms with Gasteiger partial charge in [0.25, 0.3) is 5.91 Å². The number of halogens is 1. The summed E-state index contributed by atoms with van der Waals surface area (Å²) >= 11 is 5.92. The van der Waals surface area contributed by atoms with Crippen molar-refractivity contribution in [3.05, 3.63) is 94.8 Å². The molecule has 5 heteroatoms. The van der Waals surface area contributed by atoms with Crippen LogP contribution in [-0.4, -0.2) is 21.9 Å². The van der Waals surface area contributed by atoms with Gasteiger partial charge in [0.15, 0.2) is 6.10 Å². The zero-order valence-electron chi connectivity index (χ0n) is 16.0. The molecular weight excluding hydrogens is 372 g/mol. The van der Waals surface area contributed by atoms with Crippen LogP contribution in [0.5, 0.6) is 5.75 Å². The number of carbonyl (C=O) groups is 1. The minimum atomic E-state index is -0.623. The van der Waals surface area contributed by atoms with Gasteiger partial charge in [0.2, 0.25) is 0 Å². The summed E-state index contributed by atoms with van der Waals surface area (Å²) in [4.78, 5) is 19.2. The molecule has 3 aromatic rings. The standard InChI is InChI=1S/C23H23ClN2O2/c1-17-6-3-4-8-20(17)16-26(15-19-7-5-13-25-14-19)23(27)18(2)28-22-11-9-21(24)10-12-22/h3-14,18H,15-16H2,1-2H3. The van der Waals surface area contributed by atoms with Gasteiger partial charge in [-0.1, -0.05) is 41.9 Å². The first kappa shape index (κ1) is 19.9. The Morgan fingerprint density at radius 2 is 1.82 bits per heavy atom. The Morgan fingerprint density at radius 3 is 2.50 bits per heavy atom. The monoisotopic (exact) mass is 394 g/mol. The van der Waals surface area contributed by atoms with E-state index in [1.165, 1.54) is 0 Å². The topological polar surface area (TPSA) is 42.4 Å². The summed E-state index contributed by atoms with van der Waals surface area (Å²) in [5.41, 5.74) is 3.24. The van der Waals surface area contributed by atoms with Gasteiger partial charge in [0.1, 0.15) is 5.75 Å². The van der Waals surface area contributed by atoms with Gasteiger partial charge in [-0.3, -0.25) is 9.78 Å². The molecule has 1 atom stereocenters. The normalized spacial score (nSPS) is 11.7. The van der Waals surface area contributed by atoms with E-state index in [-0.39, 0.29) is 5.91 Å². The number of amides is 1. The quantitative estimate of drug-likeness (QED) is 0.563. The van der Waals surface area contributed by atoms with Gasteiger partial charge in [0.05, 0.1) is 0 Å². The molecule has 144 valence electrons. The van der Waals surface area contributed by atoms with Crippen molar-refractivity contribution in [1.82, 2.24) is 9.88 Å². The van der Waals surface area contributed by atoms with Crippen LogP contribution in [0, 0.1) is 6.92 Å². The summed E-state index contributed by atoms with van der Waals surface area (Å²) in [6.45, 7) is 4.80. The van der Waals surface area contributed by atoms with Gasteiger partial charge in [-0.15, -0.1) is 0 Å². The Labute approximate surface area is 170 Å². The molecule has 0 spiro atoms. The lowest BCUT2D eigenvalue weighted by atomic mass is 10.1. The van der Waals surface area contributed by atoms with E-state index in [0.29, 0.717) is 23.9 Å². The molecule has 0 saturated heterocycles. The van der Waals surface area contributed by atoms with Crippen molar-refractivity contribution in [3.8, 4) is 5.75 Å².